The number of fused-ring (bicyclic) bond motifs is 3. The Morgan fingerprint density at radius 3 is 3.12 bits per heavy atom. The minimum atomic E-state index is 0.604. The summed E-state index contributed by atoms with van der Waals surface area (Å²) in [5.41, 5.74) is 4.04. The van der Waals surface area contributed by atoms with Crippen molar-refractivity contribution in [3.05, 3.63) is 28.0 Å². The summed E-state index contributed by atoms with van der Waals surface area (Å²) in [6, 6.07) is 2.80. The normalized spacial score (nSPS) is 19.6. The number of hydrogen-bond donors (Lipinski definition) is 1. The van der Waals surface area contributed by atoms with Crippen molar-refractivity contribution in [2.24, 2.45) is 7.05 Å². The summed E-state index contributed by atoms with van der Waals surface area (Å²) in [4.78, 5) is 4.53. The molecule has 0 amide bonds. The van der Waals surface area contributed by atoms with Crippen LogP contribution in [-0.4, -0.2) is 22.6 Å². The summed E-state index contributed by atoms with van der Waals surface area (Å²) < 4.78 is 3.31. The van der Waals surface area contributed by atoms with Crippen LogP contribution in [-0.2, 0) is 19.9 Å². The van der Waals surface area contributed by atoms with Crippen molar-refractivity contribution >= 4 is 27.0 Å². The van der Waals surface area contributed by atoms with E-state index in [1.165, 1.54) is 23.1 Å². The van der Waals surface area contributed by atoms with Gasteiger partial charge in [-0.3, -0.25) is 0 Å². The van der Waals surface area contributed by atoms with Gasteiger partial charge in [-0.05, 0) is 53.9 Å². The molecule has 0 fully saturated rings. The van der Waals surface area contributed by atoms with E-state index in [9.17, 15) is 0 Å². The number of rotatable bonds is 1. The molecule has 0 spiro atoms. The zero-order valence-electron chi connectivity index (χ0n) is 10.1. The molecule has 4 heteroatoms. The van der Waals surface area contributed by atoms with Crippen LogP contribution in [0.15, 0.2) is 16.7 Å². The topological polar surface area (TPSA) is 29.9 Å². The number of aryl methyl sites for hydroxylation is 1. The zero-order valence-corrected chi connectivity index (χ0v) is 11.7. The molecule has 2 heterocycles. The molecule has 3 rings (SSSR count). The van der Waals surface area contributed by atoms with Crippen molar-refractivity contribution in [3.8, 4) is 0 Å². The maximum Gasteiger partial charge on any atom is 0.140 e. The Hall–Kier alpha value is -0.870. The highest BCUT2D eigenvalue weighted by molar-refractivity contribution is 9.10. The van der Waals surface area contributed by atoms with E-state index >= 15 is 0 Å². The first-order valence-corrected chi connectivity index (χ1v) is 6.79. The number of nitrogens with zero attached hydrogens (tertiary/aromatic N) is 2. The quantitative estimate of drug-likeness (QED) is 0.875. The van der Waals surface area contributed by atoms with E-state index in [1.54, 1.807) is 0 Å². The number of likely N-dealkylation sites (N-methyl/N-ethyl adjacent to an activating group) is 1. The molecule has 90 valence electrons. The highest BCUT2D eigenvalue weighted by Gasteiger charge is 2.23. The minimum Gasteiger partial charge on any atom is -0.332 e. The molecule has 1 aliphatic rings. The lowest BCUT2D eigenvalue weighted by Crippen LogP contribution is -2.31. The molecule has 0 radical (unpaired) electrons. The van der Waals surface area contributed by atoms with Crippen molar-refractivity contribution in [2.45, 2.75) is 25.3 Å². The first kappa shape index (κ1) is 11.2. The summed E-state index contributed by atoms with van der Waals surface area (Å²) in [5.74, 6) is 0. The molecule has 3 nitrogen and oxygen atoms in total. The maximum absolute atomic E-state index is 4.53. The van der Waals surface area contributed by atoms with Crippen LogP contribution in [0.1, 0.15) is 17.7 Å². The van der Waals surface area contributed by atoms with Crippen LogP contribution in [0, 0.1) is 0 Å². The molecule has 2 aromatic heterocycles. The molecule has 1 atom stereocenters. The number of halogens is 1. The summed E-state index contributed by atoms with van der Waals surface area (Å²) in [6.07, 6.45) is 5.35. The average Bonchev–Trinajstić information content (AvgIpc) is 2.62. The second-order valence-electron chi connectivity index (χ2n) is 4.74. The highest BCUT2D eigenvalue weighted by atomic mass is 79.9. The van der Waals surface area contributed by atoms with Crippen LogP contribution in [0.5, 0.6) is 0 Å². The third kappa shape index (κ3) is 1.70. The Morgan fingerprint density at radius 1 is 1.53 bits per heavy atom. The molecule has 1 N–H and O–H groups in total. The Balaban J connectivity index is 2.23. The fourth-order valence-corrected chi connectivity index (χ4v) is 3.19. The van der Waals surface area contributed by atoms with Gasteiger partial charge in [0.1, 0.15) is 5.65 Å². The first-order valence-electron chi connectivity index (χ1n) is 5.99. The van der Waals surface area contributed by atoms with Gasteiger partial charge in [-0.2, -0.15) is 0 Å². The standard InChI is InChI=1S/C13H16BrN3/c1-15-9-3-4-12-10(6-9)11-5-8(14)7-16-13(11)17(12)2/h5,7,9,15H,3-4,6H2,1-2H3. The van der Waals surface area contributed by atoms with E-state index in [1.807, 2.05) is 6.20 Å². The monoisotopic (exact) mass is 293 g/mol. The first-order chi connectivity index (χ1) is 8.20. The lowest BCUT2D eigenvalue weighted by molar-refractivity contribution is 0.488. The van der Waals surface area contributed by atoms with Gasteiger partial charge in [-0.25, -0.2) is 4.98 Å². The largest absolute Gasteiger partial charge is 0.332 e. The third-order valence-corrected chi connectivity index (χ3v) is 4.25. The Morgan fingerprint density at radius 2 is 2.35 bits per heavy atom. The number of hydrogen-bond acceptors (Lipinski definition) is 2. The number of pyridine rings is 1. The second kappa shape index (κ2) is 4.10. The van der Waals surface area contributed by atoms with Gasteiger partial charge >= 0.3 is 0 Å². The van der Waals surface area contributed by atoms with Gasteiger partial charge in [-0.15, -0.1) is 0 Å². The fraction of sp³-hybridized carbons (Fsp3) is 0.462. The van der Waals surface area contributed by atoms with Crippen LogP contribution in [0.2, 0.25) is 0 Å². The van der Waals surface area contributed by atoms with E-state index in [4.69, 9.17) is 0 Å². The van der Waals surface area contributed by atoms with E-state index in [0.29, 0.717) is 6.04 Å². The van der Waals surface area contributed by atoms with Gasteiger partial charge in [0.05, 0.1) is 0 Å². The smallest absolute Gasteiger partial charge is 0.140 e. The van der Waals surface area contributed by atoms with Crippen LogP contribution < -0.4 is 5.32 Å². The molecule has 0 saturated heterocycles. The molecule has 1 aliphatic carbocycles. The van der Waals surface area contributed by atoms with Gasteiger partial charge < -0.3 is 9.88 Å². The van der Waals surface area contributed by atoms with Crippen LogP contribution >= 0.6 is 15.9 Å². The predicted octanol–water partition coefficient (Wildman–Crippen LogP) is 2.41. The van der Waals surface area contributed by atoms with Crippen LogP contribution in [0.4, 0.5) is 0 Å². The Bertz CT molecular complexity index is 574. The maximum atomic E-state index is 4.53. The molecule has 0 bridgehead atoms. The van der Waals surface area contributed by atoms with Gasteiger partial charge in [0.25, 0.3) is 0 Å². The number of nitrogens with one attached hydrogen (secondary N) is 1. The second-order valence-corrected chi connectivity index (χ2v) is 5.65. The lowest BCUT2D eigenvalue weighted by atomic mass is 9.92. The average molecular weight is 294 g/mol. The SMILES string of the molecule is CNC1CCc2c(c3cc(Br)cnc3n2C)C1. The Kier molecular flexibility index (Phi) is 2.71. The van der Waals surface area contributed by atoms with Crippen molar-refractivity contribution in [1.29, 1.82) is 0 Å². The summed E-state index contributed by atoms with van der Waals surface area (Å²) in [6.45, 7) is 0. The van der Waals surface area contributed by atoms with Crippen LogP contribution in [0.25, 0.3) is 11.0 Å². The van der Waals surface area contributed by atoms with E-state index in [2.05, 4.69) is 51.0 Å². The highest BCUT2D eigenvalue weighted by Crippen LogP contribution is 2.31. The van der Waals surface area contributed by atoms with Gasteiger partial charge in [0.2, 0.25) is 0 Å². The van der Waals surface area contributed by atoms with Crippen molar-refractivity contribution in [1.82, 2.24) is 14.9 Å². The van der Waals surface area contributed by atoms with Gasteiger partial charge in [-0.1, -0.05) is 0 Å². The van der Waals surface area contributed by atoms with Crippen LogP contribution in [0.3, 0.4) is 0 Å². The minimum absolute atomic E-state index is 0.604. The van der Waals surface area contributed by atoms with Gasteiger partial charge in [0, 0.05) is 34.8 Å². The molecule has 17 heavy (non-hydrogen) atoms. The molecular weight excluding hydrogens is 278 g/mol. The third-order valence-electron chi connectivity index (χ3n) is 3.82. The van der Waals surface area contributed by atoms with E-state index in [-0.39, 0.29) is 0 Å². The molecule has 0 saturated carbocycles. The molecule has 0 aromatic carbocycles. The molecular formula is C13H16BrN3. The summed E-state index contributed by atoms with van der Waals surface area (Å²) in [7, 11) is 4.18. The van der Waals surface area contributed by atoms with Crippen molar-refractivity contribution in [2.75, 3.05) is 7.05 Å². The fourth-order valence-electron chi connectivity index (χ4n) is 2.86. The van der Waals surface area contributed by atoms with E-state index < -0.39 is 0 Å². The summed E-state index contributed by atoms with van der Waals surface area (Å²) >= 11 is 3.51. The molecule has 2 aromatic rings. The van der Waals surface area contributed by atoms with E-state index in [0.717, 1.165) is 23.0 Å². The predicted molar refractivity (Wildman–Crippen MR) is 73.3 cm³/mol. The molecule has 1 unspecified atom stereocenters. The van der Waals surface area contributed by atoms with Crippen molar-refractivity contribution < 1.29 is 0 Å². The Labute approximate surface area is 109 Å². The molecule has 0 aliphatic heterocycles. The zero-order chi connectivity index (χ0) is 12.0. The summed E-state index contributed by atoms with van der Waals surface area (Å²) in [5, 5.41) is 4.69. The van der Waals surface area contributed by atoms with Crippen molar-refractivity contribution in [3.63, 3.8) is 0 Å². The number of aromatic nitrogens is 2. The lowest BCUT2D eigenvalue weighted by Gasteiger charge is -2.22. The van der Waals surface area contributed by atoms with Gasteiger partial charge in [0.15, 0.2) is 0 Å².